The van der Waals surface area contributed by atoms with Gasteiger partial charge in [-0.1, -0.05) is 6.42 Å². The van der Waals surface area contributed by atoms with Crippen LogP contribution in [0.25, 0.3) is 0 Å². The van der Waals surface area contributed by atoms with E-state index in [0.29, 0.717) is 6.42 Å². The van der Waals surface area contributed by atoms with Crippen LogP contribution in [-0.2, 0) is 22.7 Å². The molecule has 0 unspecified atom stereocenters. The van der Waals surface area contributed by atoms with Gasteiger partial charge in [0.1, 0.15) is 0 Å². The first-order chi connectivity index (χ1) is 9.53. The summed E-state index contributed by atoms with van der Waals surface area (Å²) in [6, 6.07) is 1.79. The summed E-state index contributed by atoms with van der Waals surface area (Å²) < 4.78 is 22.8. The van der Waals surface area contributed by atoms with Gasteiger partial charge in [-0.15, -0.1) is 11.3 Å². The third-order valence-electron chi connectivity index (χ3n) is 4.04. The number of nitrogens with one attached hydrogen (secondary N) is 1. The predicted molar refractivity (Wildman–Crippen MR) is 80.1 cm³/mol. The highest BCUT2D eigenvalue weighted by Gasteiger charge is 2.29. The summed E-state index contributed by atoms with van der Waals surface area (Å²) in [6.07, 6.45) is 6.35. The van der Waals surface area contributed by atoms with Gasteiger partial charge in [0.2, 0.25) is 0 Å². The summed E-state index contributed by atoms with van der Waals surface area (Å²) in [5.74, 6) is 0.174. The summed E-state index contributed by atoms with van der Waals surface area (Å²) in [5, 5.41) is 2.87. The Balaban J connectivity index is 1.69. The summed E-state index contributed by atoms with van der Waals surface area (Å²) >= 11 is 1.58. The molecular formula is C14H19NO3S2. The predicted octanol–water partition coefficient (Wildman–Crippen LogP) is 1.93. The minimum Gasteiger partial charge on any atom is -0.348 e. The van der Waals surface area contributed by atoms with Gasteiger partial charge in [-0.05, 0) is 43.7 Å². The Bertz CT molecular complexity index is 595. The number of hydrogen-bond donors (Lipinski definition) is 1. The van der Waals surface area contributed by atoms with Gasteiger partial charge in [-0.25, -0.2) is 8.42 Å². The number of rotatable bonds is 2. The van der Waals surface area contributed by atoms with Crippen LogP contribution in [-0.4, -0.2) is 31.9 Å². The molecule has 0 spiro atoms. The van der Waals surface area contributed by atoms with E-state index in [9.17, 15) is 13.2 Å². The summed E-state index contributed by atoms with van der Waals surface area (Å²) in [7, 11) is -2.94. The lowest BCUT2D eigenvalue weighted by molar-refractivity contribution is 0.0945. The van der Waals surface area contributed by atoms with Crippen LogP contribution >= 0.6 is 11.3 Å². The molecule has 0 aromatic carbocycles. The SMILES string of the molecule is O=C(N[C@@H]1CCS(=O)(=O)C1)c1cc2c(s1)CCCCC2. The zero-order valence-corrected chi connectivity index (χ0v) is 13.0. The first-order valence-electron chi connectivity index (χ1n) is 7.16. The van der Waals surface area contributed by atoms with E-state index in [1.54, 1.807) is 11.3 Å². The molecule has 1 aromatic heterocycles. The largest absolute Gasteiger partial charge is 0.348 e. The number of thiophene rings is 1. The average molecular weight is 313 g/mol. The van der Waals surface area contributed by atoms with E-state index in [1.165, 1.54) is 29.7 Å². The Kier molecular flexibility index (Phi) is 3.86. The number of amides is 1. The Morgan fingerprint density at radius 3 is 2.80 bits per heavy atom. The third-order valence-corrected chi connectivity index (χ3v) is 7.04. The fraction of sp³-hybridized carbons (Fsp3) is 0.643. The molecule has 3 rings (SSSR count). The van der Waals surface area contributed by atoms with E-state index in [2.05, 4.69) is 5.32 Å². The van der Waals surface area contributed by atoms with Gasteiger partial charge >= 0.3 is 0 Å². The van der Waals surface area contributed by atoms with Crippen molar-refractivity contribution in [2.45, 2.75) is 44.6 Å². The molecule has 20 heavy (non-hydrogen) atoms. The molecule has 1 aliphatic heterocycles. The molecule has 1 aromatic rings. The minimum atomic E-state index is -2.94. The molecule has 1 N–H and O–H groups in total. The smallest absolute Gasteiger partial charge is 0.261 e. The highest BCUT2D eigenvalue weighted by Crippen LogP contribution is 2.29. The number of carbonyl (C=O) groups is 1. The zero-order valence-electron chi connectivity index (χ0n) is 11.4. The van der Waals surface area contributed by atoms with Gasteiger partial charge in [0.05, 0.1) is 16.4 Å². The normalized spacial score (nSPS) is 24.9. The van der Waals surface area contributed by atoms with E-state index in [1.807, 2.05) is 6.07 Å². The number of aryl methyl sites for hydroxylation is 2. The van der Waals surface area contributed by atoms with Crippen LogP contribution in [0.4, 0.5) is 0 Å². The topological polar surface area (TPSA) is 63.2 Å². The molecule has 2 heterocycles. The molecule has 4 nitrogen and oxygen atoms in total. The van der Waals surface area contributed by atoms with E-state index in [4.69, 9.17) is 0 Å². The van der Waals surface area contributed by atoms with Crippen LogP contribution in [0.15, 0.2) is 6.07 Å². The number of hydrogen-bond acceptors (Lipinski definition) is 4. The molecule has 1 amide bonds. The second kappa shape index (κ2) is 5.48. The van der Waals surface area contributed by atoms with Crippen LogP contribution in [0.5, 0.6) is 0 Å². The van der Waals surface area contributed by atoms with Gasteiger partial charge in [0, 0.05) is 10.9 Å². The maximum atomic E-state index is 12.2. The van der Waals surface area contributed by atoms with Crippen molar-refractivity contribution in [2.75, 3.05) is 11.5 Å². The lowest BCUT2D eigenvalue weighted by Crippen LogP contribution is -2.35. The van der Waals surface area contributed by atoms with Gasteiger partial charge in [0.25, 0.3) is 5.91 Å². The summed E-state index contributed by atoms with van der Waals surface area (Å²) in [5.41, 5.74) is 1.32. The molecule has 6 heteroatoms. The molecule has 0 radical (unpaired) electrons. The van der Waals surface area contributed by atoms with E-state index in [0.717, 1.165) is 17.7 Å². The maximum absolute atomic E-state index is 12.2. The molecule has 1 atom stereocenters. The summed E-state index contributed by atoms with van der Waals surface area (Å²) in [6.45, 7) is 0. The molecular weight excluding hydrogens is 294 g/mol. The molecule has 1 aliphatic carbocycles. The fourth-order valence-electron chi connectivity index (χ4n) is 2.94. The highest BCUT2D eigenvalue weighted by molar-refractivity contribution is 7.91. The van der Waals surface area contributed by atoms with Gasteiger partial charge in [0.15, 0.2) is 9.84 Å². The molecule has 110 valence electrons. The number of fused-ring (bicyclic) bond motifs is 1. The van der Waals surface area contributed by atoms with Crippen molar-refractivity contribution in [3.63, 3.8) is 0 Å². The van der Waals surface area contributed by atoms with Gasteiger partial charge < -0.3 is 5.32 Å². The molecule has 0 saturated carbocycles. The Morgan fingerprint density at radius 2 is 2.05 bits per heavy atom. The maximum Gasteiger partial charge on any atom is 0.261 e. The first-order valence-corrected chi connectivity index (χ1v) is 9.80. The van der Waals surface area contributed by atoms with Crippen molar-refractivity contribution in [1.82, 2.24) is 5.32 Å². The Morgan fingerprint density at radius 1 is 1.25 bits per heavy atom. The standard InChI is InChI=1S/C14H19NO3S2/c16-14(15-11-6-7-20(17,18)9-11)13-8-10-4-2-1-3-5-12(10)19-13/h8,11H,1-7,9H2,(H,15,16)/t11-/m1/s1. The van der Waals surface area contributed by atoms with Crippen molar-refractivity contribution >= 4 is 27.1 Å². The number of carbonyl (C=O) groups excluding carboxylic acids is 1. The van der Waals surface area contributed by atoms with Crippen molar-refractivity contribution < 1.29 is 13.2 Å². The Labute approximate surface area is 123 Å². The van der Waals surface area contributed by atoms with E-state index in [-0.39, 0.29) is 23.5 Å². The van der Waals surface area contributed by atoms with Gasteiger partial charge in [-0.3, -0.25) is 4.79 Å². The van der Waals surface area contributed by atoms with E-state index < -0.39 is 9.84 Å². The lowest BCUT2D eigenvalue weighted by atomic mass is 10.1. The fourth-order valence-corrected chi connectivity index (χ4v) is 5.77. The quantitative estimate of drug-likeness (QED) is 0.849. The Hall–Kier alpha value is -0.880. The molecule has 2 aliphatic rings. The van der Waals surface area contributed by atoms with Crippen molar-refractivity contribution in [2.24, 2.45) is 0 Å². The van der Waals surface area contributed by atoms with Gasteiger partial charge in [-0.2, -0.15) is 0 Å². The second-order valence-corrected chi connectivity index (χ2v) is 9.06. The van der Waals surface area contributed by atoms with Crippen LogP contribution in [0, 0.1) is 0 Å². The van der Waals surface area contributed by atoms with Crippen molar-refractivity contribution in [1.29, 1.82) is 0 Å². The zero-order chi connectivity index (χ0) is 14.2. The minimum absolute atomic E-state index is 0.0871. The van der Waals surface area contributed by atoms with Crippen LogP contribution in [0.1, 0.15) is 45.8 Å². The van der Waals surface area contributed by atoms with Crippen LogP contribution in [0.3, 0.4) is 0 Å². The number of sulfone groups is 1. The van der Waals surface area contributed by atoms with Crippen molar-refractivity contribution in [3.8, 4) is 0 Å². The van der Waals surface area contributed by atoms with Crippen molar-refractivity contribution in [3.05, 3.63) is 21.4 Å². The second-order valence-electron chi connectivity index (χ2n) is 5.69. The van der Waals surface area contributed by atoms with E-state index >= 15 is 0 Å². The molecule has 1 fully saturated rings. The first kappa shape index (κ1) is 14.1. The monoisotopic (exact) mass is 313 g/mol. The summed E-state index contributed by atoms with van der Waals surface area (Å²) in [4.78, 5) is 14.3. The van der Waals surface area contributed by atoms with Crippen LogP contribution in [0.2, 0.25) is 0 Å². The third kappa shape index (κ3) is 3.06. The molecule has 1 saturated heterocycles. The lowest BCUT2D eigenvalue weighted by Gasteiger charge is -2.09. The highest BCUT2D eigenvalue weighted by atomic mass is 32.2. The average Bonchev–Trinajstić information content (AvgIpc) is 2.86. The molecule has 0 bridgehead atoms. The van der Waals surface area contributed by atoms with Crippen LogP contribution < -0.4 is 5.32 Å².